The zero-order valence-electron chi connectivity index (χ0n) is 9.53. The van der Waals surface area contributed by atoms with E-state index in [1.165, 1.54) is 11.3 Å². The van der Waals surface area contributed by atoms with E-state index in [1.54, 1.807) is 11.4 Å². The van der Waals surface area contributed by atoms with Crippen molar-refractivity contribution in [2.24, 2.45) is 11.7 Å². The number of carbonyl (C=O) groups is 2. The van der Waals surface area contributed by atoms with Crippen molar-refractivity contribution in [3.8, 4) is 0 Å². The van der Waals surface area contributed by atoms with E-state index in [9.17, 15) is 9.59 Å². The van der Waals surface area contributed by atoms with Crippen molar-refractivity contribution in [3.63, 3.8) is 0 Å². The molecule has 2 unspecified atom stereocenters. The van der Waals surface area contributed by atoms with E-state index in [4.69, 9.17) is 5.73 Å². The Bertz CT molecular complexity index is 444. The normalized spacial score (nSPS) is 23.6. The zero-order valence-corrected chi connectivity index (χ0v) is 10.3. The summed E-state index contributed by atoms with van der Waals surface area (Å²) in [5.41, 5.74) is 5.60. The van der Waals surface area contributed by atoms with E-state index < -0.39 is 5.91 Å². The third kappa shape index (κ3) is 2.48. The quantitative estimate of drug-likeness (QED) is 0.744. The number of carbonyl (C=O) groups excluding carboxylic acids is 2. The van der Waals surface area contributed by atoms with Gasteiger partial charge < -0.3 is 16.4 Å². The number of thiophene rings is 1. The third-order valence-corrected chi connectivity index (χ3v) is 3.86. The average molecular weight is 253 g/mol. The maximum atomic E-state index is 12.0. The van der Waals surface area contributed by atoms with Crippen molar-refractivity contribution in [3.05, 3.63) is 17.0 Å². The molecule has 17 heavy (non-hydrogen) atoms. The molecule has 1 aromatic rings. The Morgan fingerprint density at radius 1 is 1.59 bits per heavy atom. The van der Waals surface area contributed by atoms with Gasteiger partial charge in [-0.05, 0) is 31.3 Å². The van der Waals surface area contributed by atoms with E-state index in [0.29, 0.717) is 10.6 Å². The second kappa shape index (κ2) is 4.85. The molecule has 0 aliphatic carbocycles. The van der Waals surface area contributed by atoms with Gasteiger partial charge in [0.15, 0.2) is 0 Å². The highest BCUT2D eigenvalue weighted by molar-refractivity contribution is 7.14. The average Bonchev–Trinajstić information content (AvgIpc) is 2.86. The minimum atomic E-state index is -0.515. The predicted octanol–water partition coefficient (Wildman–Crippen LogP) is 0.784. The maximum absolute atomic E-state index is 12.0. The molecule has 1 fully saturated rings. The summed E-state index contributed by atoms with van der Waals surface area (Å²) in [5, 5.41) is 8.29. The van der Waals surface area contributed by atoms with Gasteiger partial charge >= 0.3 is 0 Å². The lowest BCUT2D eigenvalue weighted by Crippen LogP contribution is -2.32. The Morgan fingerprint density at radius 3 is 2.94 bits per heavy atom. The highest BCUT2D eigenvalue weighted by Crippen LogP contribution is 2.25. The topological polar surface area (TPSA) is 84.2 Å². The van der Waals surface area contributed by atoms with Crippen LogP contribution < -0.4 is 16.4 Å². The molecule has 1 aromatic heterocycles. The molecule has 4 N–H and O–H groups in total. The number of nitrogens with two attached hydrogens (primary N) is 1. The van der Waals surface area contributed by atoms with Gasteiger partial charge in [-0.25, -0.2) is 0 Å². The molecule has 92 valence electrons. The fourth-order valence-electron chi connectivity index (χ4n) is 2.02. The molecule has 6 heteroatoms. The number of rotatable bonds is 3. The summed E-state index contributed by atoms with van der Waals surface area (Å²) in [6.07, 6.45) is 0.824. The largest absolute Gasteiger partial charge is 0.366 e. The summed E-state index contributed by atoms with van der Waals surface area (Å²) >= 11 is 1.31. The monoisotopic (exact) mass is 253 g/mol. The SMILES string of the molecule is CC1NCCC1C(=O)Nc1sccc1C(N)=O. The van der Waals surface area contributed by atoms with Crippen LogP contribution in [-0.2, 0) is 4.79 Å². The summed E-state index contributed by atoms with van der Waals surface area (Å²) in [4.78, 5) is 23.1. The first-order valence-corrected chi connectivity index (χ1v) is 6.39. The number of nitrogens with one attached hydrogen (secondary N) is 2. The molecular formula is C11H15N3O2S. The minimum absolute atomic E-state index is 0.0437. The lowest BCUT2D eigenvalue weighted by molar-refractivity contribution is -0.119. The van der Waals surface area contributed by atoms with Crippen LogP contribution in [-0.4, -0.2) is 24.4 Å². The lowest BCUT2D eigenvalue weighted by atomic mass is 10.0. The Hall–Kier alpha value is -1.40. The fourth-order valence-corrected chi connectivity index (χ4v) is 2.82. The van der Waals surface area contributed by atoms with Gasteiger partial charge in [0.05, 0.1) is 11.5 Å². The summed E-state index contributed by atoms with van der Waals surface area (Å²) in [7, 11) is 0. The second-order valence-corrected chi connectivity index (χ2v) is 5.07. The molecule has 0 bridgehead atoms. The third-order valence-electron chi connectivity index (χ3n) is 3.03. The van der Waals surface area contributed by atoms with Gasteiger partial charge in [0, 0.05) is 6.04 Å². The van der Waals surface area contributed by atoms with Crippen LogP contribution in [0, 0.1) is 5.92 Å². The smallest absolute Gasteiger partial charge is 0.251 e. The van der Waals surface area contributed by atoms with Crippen LogP contribution in [0.25, 0.3) is 0 Å². The highest BCUT2D eigenvalue weighted by Gasteiger charge is 2.30. The summed E-state index contributed by atoms with van der Waals surface area (Å²) in [6.45, 7) is 2.84. The van der Waals surface area contributed by atoms with Gasteiger partial charge in [-0.1, -0.05) is 0 Å². The first kappa shape index (κ1) is 12.1. The molecule has 1 aliphatic rings. The van der Waals surface area contributed by atoms with Crippen LogP contribution in [0.3, 0.4) is 0 Å². The molecule has 0 radical (unpaired) electrons. The van der Waals surface area contributed by atoms with Crippen molar-refractivity contribution in [1.82, 2.24) is 5.32 Å². The molecule has 2 rings (SSSR count). The lowest BCUT2D eigenvalue weighted by Gasteiger charge is -2.14. The summed E-state index contributed by atoms with van der Waals surface area (Å²) in [6, 6.07) is 1.80. The van der Waals surface area contributed by atoms with Gasteiger partial charge in [0.25, 0.3) is 5.91 Å². The van der Waals surface area contributed by atoms with E-state index >= 15 is 0 Å². The van der Waals surface area contributed by atoms with E-state index in [0.717, 1.165) is 13.0 Å². The fraction of sp³-hybridized carbons (Fsp3) is 0.455. The van der Waals surface area contributed by atoms with Crippen LogP contribution in [0.5, 0.6) is 0 Å². The minimum Gasteiger partial charge on any atom is -0.366 e. The summed E-state index contributed by atoms with van der Waals surface area (Å²) in [5.74, 6) is -0.607. The molecule has 1 saturated heterocycles. The van der Waals surface area contributed by atoms with Gasteiger partial charge in [-0.2, -0.15) is 0 Å². The van der Waals surface area contributed by atoms with E-state index in [-0.39, 0.29) is 17.9 Å². The summed E-state index contributed by atoms with van der Waals surface area (Å²) < 4.78 is 0. The zero-order chi connectivity index (χ0) is 12.4. The number of amides is 2. The Morgan fingerprint density at radius 2 is 2.35 bits per heavy atom. The van der Waals surface area contributed by atoms with Gasteiger partial charge in [-0.3, -0.25) is 9.59 Å². The van der Waals surface area contributed by atoms with E-state index in [1.807, 2.05) is 6.92 Å². The second-order valence-electron chi connectivity index (χ2n) is 4.15. The van der Waals surface area contributed by atoms with E-state index in [2.05, 4.69) is 10.6 Å². The molecule has 5 nitrogen and oxygen atoms in total. The Balaban J connectivity index is 2.07. The molecule has 2 amide bonds. The highest BCUT2D eigenvalue weighted by atomic mass is 32.1. The number of hydrogen-bond acceptors (Lipinski definition) is 4. The van der Waals surface area contributed by atoms with Crippen LogP contribution in [0.4, 0.5) is 5.00 Å². The molecule has 0 aromatic carbocycles. The Kier molecular flexibility index (Phi) is 3.44. The molecular weight excluding hydrogens is 238 g/mol. The predicted molar refractivity (Wildman–Crippen MR) is 67.0 cm³/mol. The number of hydrogen-bond donors (Lipinski definition) is 3. The number of primary amides is 1. The van der Waals surface area contributed by atoms with Crippen LogP contribution in [0.15, 0.2) is 11.4 Å². The van der Waals surface area contributed by atoms with Crippen molar-refractivity contribution in [2.45, 2.75) is 19.4 Å². The molecule has 0 saturated carbocycles. The van der Waals surface area contributed by atoms with Crippen molar-refractivity contribution in [1.29, 1.82) is 0 Å². The number of anilines is 1. The van der Waals surface area contributed by atoms with Crippen molar-refractivity contribution >= 4 is 28.2 Å². The molecule has 0 spiro atoms. The van der Waals surface area contributed by atoms with Crippen LogP contribution >= 0.6 is 11.3 Å². The van der Waals surface area contributed by atoms with Gasteiger partial charge in [0.1, 0.15) is 5.00 Å². The maximum Gasteiger partial charge on any atom is 0.251 e. The van der Waals surface area contributed by atoms with Gasteiger partial charge in [0.2, 0.25) is 5.91 Å². The first-order chi connectivity index (χ1) is 8.09. The van der Waals surface area contributed by atoms with Crippen molar-refractivity contribution < 1.29 is 9.59 Å². The van der Waals surface area contributed by atoms with Crippen LogP contribution in [0.1, 0.15) is 23.7 Å². The standard InChI is InChI=1S/C11H15N3O2S/c1-6-7(2-4-13-6)10(16)14-11-8(9(12)15)3-5-17-11/h3,5-7,13H,2,4H2,1H3,(H2,12,15)(H,14,16). The van der Waals surface area contributed by atoms with Crippen LogP contribution in [0.2, 0.25) is 0 Å². The molecule has 2 atom stereocenters. The molecule has 2 heterocycles. The van der Waals surface area contributed by atoms with Gasteiger partial charge in [-0.15, -0.1) is 11.3 Å². The van der Waals surface area contributed by atoms with Crippen molar-refractivity contribution in [2.75, 3.05) is 11.9 Å². The first-order valence-electron chi connectivity index (χ1n) is 5.51. The Labute approximate surface area is 103 Å². The molecule has 1 aliphatic heterocycles.